The van der Waals surface area contributed by atoms with E-state index < -0.39 is 0 Å². The van der Waals surface area contributed by atoms with Crippen LogP contribution in [-0.2, 0) is 4.79 Å². The summed E-state index contributed by atoms with van der Waals surface area (Å²) in [6.45, 7) is 0. The van der Waals surface area contributed by atoms with Crippen molar-refractivity contribution in [1.29, 1.82) is 0 Å². The van der Waals surface area contributed by atoms with Crippen LogP contribution >= 0.6 is 11.3 Å². The van der Waals surface area contributed by atoms with Crippen LogP contribution in [0.5, 0.6) is 5.75 Å². The Hall–Kier alpha value is -2.66. The van der Waals surface area contributed by atoms with Gasteiger partial charge >= 0.3 is 0 Å². The molecule has 2 aromatic carbocycles. The van der Waals surface area contributed by atoms with Crippen molar-refractivity contribution in [1.82, 2.24) is 4.98 Å². The number of methoxy groups -OCH3 is 1. The van der Waals surface area contributed by atoms with Gasteiger partial charge in [-0.1, -0.05) is 24.3 Å². The van der Waals surface area contributed by atoms with Crippen molar-refractivity contribution in [2.75, 3.05) is 7.11 Å². The molecule has 0 spiro atoms. The highest BCUT2D eigenvalue weighted by Crippen LogP contribution is 2.30. The molecule has 0 aliphatic carbocycles. The maximum atomic E-state index is 11.4. The van der Waals surface area contributed by atoms with Crippen LogP contribution in [0.2, 0.25) is 0 Å². The molecule has 0 fully saturated rings. The van der Waals surface area contributed by atoms with E-state index in [9.17, 15) is 4.79 Å². The van der Waals surface area contributed by atoms with Crippen LogP contribution in [0.25, 0.3) is 21.9 Å². The van der Waals surface area contributed by atoms with Crippen molar-refractivity contribution < 1.29 is 9.53 Å². The highest BCUT2D eigenvalue weighted by atomic mass is 32.1. The zero-order valence-corrected chi connectivity index (χ0v) is 13.5. The van der Waals surface area contributed by atoms with E-state index in [0.29, 0.717) is 0 Å². The Morgan fingerprint density at radius 1 is 1.22 bits per heavy atom. The number of hydrogen-bond acceptors (Lipinski definition) is 4. The summed E-state index contributed by atoms with van der Waals surface area (Å²) in [4.78, 5) is 16.0. The Bertz CT molecular complexity index is 833. The molecule has 0 radical (unpaired) electrons. The first-order chi connectivity index (χ1) is 11.2. The van der Waals surface area contributed by atoms with Gasteiger partial charge in [-0.25, -0.2) is 4.98 Å². The summed E-state index contributed by atoms with van der Waals surface area (Å²) in [7, 11) is 1.63. The molecule has 1 aromatic heterocycles. The van der Waals surface area contributed by atoms with E-state index in [-0.39, 0.29) is 12.3 Å². The number of benzene rings is 2. The van der Waals surface area contributed by atoms with Crippen LogP contribution in [0.4, 0.5) is 0 Å². The minimum Gasteiger partial charge on any atom is -0.497 e. The number of thiazole rings is 1. The van der Waals surface area contributed by atoms with E-state index >= 15 is 0 Å². The summed E-state index contributed by atoms with van der Waals surface area (Å²) in [5.74, 6) is 0.419. The van der Waals surface area contributed by atoms with Crippen molar-refractivity contribution >= 4 is 39.1 Å². The molecule has 0 aliphatic rings. The third-order valence-electron chi connectivity index (χ3n) is 3.39. The first-order valence-electron chi connectivity index (χ1n) is 7.14. The molecule has 0 unspecified atom stereocenters. The quantitative estimate of drug-likeness (QED) is 0.778. The van der Waals surface area contributed by atoms with Crippen molar-refractivity contribution in [2.24, 2.45) is 5.73 Å². The Labute approximate surface area is 138 Å². The van der Waals surface area contributed by atoms with E-state index in [0.717, 1.165) is 32.1 Å². The molecule has 0 saturated heterocycles. The van der Waals surface area contributed by atoms with Crippen molar-refractivity contribution in [3.63, 3.8) is 0 Å². The Kier molecular flexibility index (Phi) is 4.39. The number of para-hydroxylation sites is 1. The molecular weight excluding hydrogens is 308 g/mol. The number of amides is 1. The first kappa shape index (κ1) is 15.2. The second-order valence-corrected chi connectivity index (χ2v) is 6.10. The molecule has 2 N–H and O–H groups in total. The van der Waals surface area contributed by atoms with Crippen LogP contribution < -0.4 is 10.5 Å². The fourth-order valence-corrected chi connectivity index (χ4v) is 3.27. The molecule has 0 bridgehead atoms. The smallest absolute Gasteiger partial charge is 0.221 e. The van der Waals surface area contributed by atoms with Crippen molar-refractivity contribution in [3.05, 3.63) is 59.1 Å². The molecule has 4 nitrogen and oxygen atoms in total. The zero-order chi connectivity index (χ0) is 16.2. The topological polar surface area (TPSA) is 65.2 Å². The van der Waals surface area contributed by atoms with Crippen molar-refractivity contribution in [3.8, 4) is 5.75 Å². The lowest BCUT2D eigenvalue weighted by atomic mass is 10.1. The first-order valence-corrected chi connectivity index (χ1v) is 7.96. The number of nitrogens with two attached hydrogens (primary N) is 1. The molecular formula is C18H16N2O2S. The number of ether oxygens (including phenoxy) is 1. The van der Waals surface area contributed by atoms with E-state index in [2.05, 4.69) is 4.98 Å². The molecule has 23 heavy (non-hydrogen) atoms. The third-order valence-corrected chi connectivity index (χ3v) is 4.50. The number of primary amides is 1. The summed E-state index contributed by atoms with van der Waals surface area (Å²) in [6.07, 6.45) is 2.10. The fourth-order valence-electron chi connectivity index (χ4n) is 2.29. The van der Waals surface area contributed by atoms with E-state index in [1.54, 1.807) is 18.4 Å². The Morgan fingerprint density at radius 3 is 2.61 bits per heavy atom. The van der Waals surface area contributed by atoms with Gasteiger partial charge in [0.2, 0.25) is 5.91 Å². The summed E-state index contributed by atoms with van der Waals surface area (Å²) in [5, 5.41) is 0.820. The maximum absolute atomic E-state index is 11.4. The summed E-state index contributed by atoms with van der Waals surface area (Å²) < 4.78 is 6.25. The number of hydrogen-bond donors (Lipinski definition) is 1. The zero-order valence-electron chi connectivity index (χ0n) is 12.7. The minimum absolute atomic E-state index is 0.159. The predicted molar refractivity (Wildman–Crippen MR) is 94.3 cm³/mol. The lowest BCUT2D eigenvalue weighted by molar-refractivity contribution is -0.117. The molecule has 1 heterocycles. The molecule has 0 aliphatic heterocycles. The third kappa shape index (κ3) is 3.57. The normalized spacial score (nSPS) is 11.6. The van der Waals surface area contributed by atoms with Crippen LogP contribution in [0.1, 0.15) is 17.0 Å². The summed E-state index contributed by atoms with van der Waals surface area (Å²) >= 11 is 1.56. The highest BCUT2D eigenvalue weighted by molar-refractivity contribution is 7.19. The largest absolute Gasteiger partial charge is 0.497 e. The van der Waals surface area contributed by atoms with E-state index in [4.69, 9.17) is 10.5 Å². The number of fused-ring (bicyclic) bond motifs is 1. The van der Waals surface area contributed by atoms with Gasteiger partial charge in [-0.3, -0.25) is 4.79 Å². The summed E-state index contributed by atoms with van der Waals surface area (Å²) in [5.41, 5.74) is 8.13. The van der Waals surface area contributed by atoms with E-state index in [1.165, 1.54) is 0 Å². The second-order valence-electron chi connectivity index (χ2n) is 5.07. The number of carbonyl (C=O) groups is 1. The number of nitrogens with zero attached hydrogens (tertiary/aromatic N) is 1. The molecule has 0 atom stereocenters. The number of aromatic nitrogens is 1. The van der Waals surface area contributed by atoms with E-state index in [1.807, 2.05) is 54.6 Å². The van der Waals surface area contributed by atoms with Crippen LogP contribution in [-0.4, -0.2) is 18.0 Å². The van der Waals surface area contributed by atoms with Gasteiger partial charge in [0.1, 0.15) is 10.8 Å². The fraction of sp³-hybridized carbons (Fsp3) is 0.111. The molecule has 3 rings (SSSR count). The van der Waals surface area contributed by atoms with Gasteiger partial charge in [0.25, 0.3) is 0 Å². The van der Waals surface area contributed by atoms with Crippen LogP contribution in [0.15, 0.2) is 48.5 Å². The molecule has 5 heteroatoms. The van der Waals surface area contributed by atoms with Crippen molar-refractivity contribution in [2.45, 2.75) is 6.42 Å². The molecule has 0 saturated carbocycles. The molecule has 1 amide bonds. The average Bonchev–Trinajstić information content (AvgIpc) is 2.98. The van der Waals surface area contributed by atoms with Gasteiger partial charge in [0.15, 0.2) is 0 Å². The molecule has 3 aromatic rings. The van der Waals surface area contributed by atoms with Gasteiger partial charge in [0.05, 0.1) is 23.7 Å². The summed E-state index contributed by atoms with van der Waals surface area (Å²) in [6, 6.07) is 15.5. The van der Waals surface area contributed by atoms with Gasteiger partial charge in [-0.15, -0.1) is 11.3 Å². The highest BCUT2D eigenvalue weighted by Gasteiger charge is 2.11. The van der Waals surface area contributed by atoms with Gasteiger partial charge in [-0.2, -0.15) is 0 Å². The number of carbonyl (C=O) groups excluding carboxylic acids is 1. The van der Waals surface area contributed by atoms with Gasteiger partial charge < -0.3 is 10.5 Å². The minimum atomic E-state index is -0.371. The maximum Gasteiger partial charge on any atom is 0.221 e. The monoisotopic (exact) mass is 324 g/mol. The van der Waals surface area contributed by atoms with Crippen LogP contribution in [0, 0.1) is 0 Å². The second kappa shape index (κ2) is 6.62. The van der Waals surface area contributed by atoms with Crippen LogP contribution in [0.3, 0.4) is 0 Å². The average molecular weight is 324 g/mol. The SMILES string of the molecule is COc1ccc(/C=C(/CC(N)=O)c2nc3ccccc3s2)cc1. The molecule has 116 valence electrons. The predicted octanol–water partition coefficient (Wildman–Crippen LogP) is 3.72. The van der Waals surface area contributed by atoms with Gasteiger partial charge in [0, 0.05) is 0 Å². The van der Waals surface area contributed by atoms with Gasteiger partial charge in [-0.05, 0) is 41.5 Å². The lowest BCUT2D eigenvalue weighted by Gasteiger charge is -2.03. The Morgan fingerprint density at radius 2 is 1.96 bits per heavy atom. The Balaban J connectivity index is 2.01. The number of rotatable bonds is 5. The standard InChI is InChI=1S/C18H16N2O2S/c1-22-14-8-6-12(7-9-14)10-13(11-17(19)21)18-20-15-4-2-3-5-16(15)23-18/h2-10H,11H2,1H3,(H2,19,21)/b13-10-. The lowest BCUT2D eigenvalue weighted by Crippen LogP contribution is -2.10.